The summed E-state index contributed by atoms with van der Waals surface area (Å²) in [5, 5.41) is 4.73. The van der Waals surface area contributed by atoms with Crippen molar-refractivity contribution in [2.45, 2.75) is 13.0 Å². The maximum absolute atomic E-state index is 13.0. The number of halogens is 2. The Kier molecular flexibility index (Phi) is 4.83. The van der Waals surface area contributed by atoms with Crippen LogP contribution < -0.4 is 10.6 Å². The van der Waals surface area contributed by atoms with Gasteiger partial charge >= 0.3 is 11.8 Å². The maximum Gasteiger partial charge on any atom is 0.313 e. The van der Waals surface area contributed by atoms with Gasteiger partial charge < -0.3 is 10.6 Å². The lowest BCUT2D eigenvalue weighted by Crippen LogP contribution is -2.36. The molecular formula is C16H14F2N2O2. The molecule has 0 spiro atoms. The van der Waals surface area contributed by atoms with E-state index in [1.807, 2.05) is 30.3 Å². The molecule has 0 saturated carbocycles. The molecule has 22 heavy (non-hydrogen) atoms. The monoisotopic (exact) mass is 304 g/mol. The molecule has 0 aliphatic heterocycles. The third-order valence-electron chi connectivity index (χ3n) is 3.03. The van der Waals surface area contributed by atoms with E-state index in [9.17, 15) is 18.4 Å². The minimum Gasteiger partial charge on any atom is -0.341 e. The van der Waals surface area contributed by atoms with Crippen molar-refractivity contribution in [3.63, 3.8) is 0 Å². The van der Waals surface area contributed by atoms with Gasteiger partial charge in [-0.15, -0.1) is 0 Å². The summed E-state index contributed by atoms with van der Waals surface area (Å²) in [4.78, 5) is 23.5. The number of carbonyl (C=O) groups excluding carboxylic acids is 2. The first-order valence-corrected chi connectivity index (χ1v) is 6.59. The Bertz CT molecular complexity index is 690. The summed E-state index contributed by atoms with van der Waals surface area (Å²) in [5.74, 6) is -3.94. The molecule has 2 aromatic rings. The van der Waals surface area contributed by atoms with Crippen molar-refractivity contribution in [1.82, 2.24) is 5.32 Å². The van der Waals surface area contributed by atoms with Crippen LogP contribution in [0.25, 0.3) is 0 Å². The van der Waals surface area contributed by atoms with Crippen molar-refractivity contribution in [1.29, 1.82) is 0 Å². The third kappa shape index (κ3) is 3.88. The Morgan fingerprint density at radius 3 is 2.27 bits per heavy atom. The maximum atomic E-state index is 13.0. The van der Waals surface area contributed by atoms with Crippen LogP contribution in [-0.4, -0.2) is 11.8 Å². The second-order valence-electron chi connectivity index (χ2n) is 4.69. The van der Waals surface area contributed by atoms with Gasteiger partial charge in [-0.1, -0.05) is 30.3 Å². The van der Waals surface area contributed by atoms with E-state index in [1.54, 1.807) is 6.92 Å². The molecule has 1 atom stereocenters. The first-order valence-electron chi connectivity index (χ1n) is 6.59. The number of anilines is 1. The number of benzene rings is 2. The second kappa shape index (κ2) is 6.80. The molecule has 4 nitrogen and oxygen atoms in total. The molecule has 0 radical (unpaired) electrons. The summed E-state index contributed by atoms with van der Waals surface area (Å²) >= 11 is 0. The van der Waals surface area contributed by atoms with Crippen molar-refractivity contribution < 1.29 is 18.4 Å². The molecule has 6 heteroatoms. The fourth-order valence-corrected chi connectivity index (χ4v) is 1.85. The molecule has 114 valence electrons. The lowest BCUT2D eigenvalue weighted by atomic mass is 10.1. The minimum atomic E-state index is -1.10. The Balaban J connectivity index is 1.97. The highest BCUT2D eigenvalue weighted by molar-refractivity contribution is 6.39. The topological polar surface area (TPSA) is 58.2 Å². The average Bonchev–Trinajstić information content (AvgIpc) is 2.51. The molecule has 0 heterocycles. The Morgan fingerprint density at radius 1 is 0.955 bits per heavy atom. The number of rotatable bonds is 3. The van der Waals surface area contributed by atoms with E-state index in [0.717, 1.165) is 17.7 Å². The van der Waals surface area contributed by atoms with Crippen LogP contribution >= 0.6 is 0 Å². The highest BCUT2D eigenvalue weighted by Crippen LogP contribution is 2.14. The normalized spacial score (nSPS) is 11.6. The van der Waals surface area contributed by atoms with Crippen molar-refractivity contribution in [3.05, 3.63) is 65.7 Å². The van der Waals surface area contributed by atoms with Gasteiger partial charge in [0.2, 0.25) is 0 Å². The molecule has 2 amide bonds. The summed E-state index contributed by atoms with van der Waals surface area (Å²) < 4.78 is 25.8. The standard InChI is InChI=1S/C16H14F2N2O2/c1-10(11-5-3-2-4-6-11)19-15(21)16(22)20-12-7-8-13(17)14(18)9-12/h2-10H,1H3,(H,19,21)(H,20,22). The number of amides is 2. The summed E-state index contributed by atoms with van der Waals surface area (Å²) in [6.07, 6.45) is 0. The molecule has 0 aliphatic rings. The molecule has 0 bridgehead atoms. The molecule has 2 N–H and O–H groups in total. The molecule has 0 aromatic heterocycles. The third-order valence-corrected chi connectivity index (χ3v) is 3.03. The molecule has 0 fully saturated rings. The Morgan fingerprint density at radius 2 is 1.64 bits per heavy atom. The van der Waals surface area contributed by atoms with Crippen LogP contribution in [0.1, 0.15) is 18.5 Å². The van der Waals surface area contributed by atoms with Crippen molar-refractivity contribution in [3.8, 4) is 0 Å². The molecule has 1 unspecified atom stereocenters. The predicted molar refractivity (Wildman–Crippen MR) is 78.0 cm³/mol. The summed E-state index contributed by atoms with van der Waals surface area (Å²) in [7, 11) is 0. The largest absolute Gasteiger partial charge is 0.341 e. The van der Waals surface area contributed by atoms with Crippen molar-refractivity contribution >= 4 is 17.5 Å². The van der Waals surface area contributed by atoms with E-state index in [2.05, 4.69) is 10.6 Å². The van der Waals surface area contributed by atoms with Crippen LogP contribution in [-0.2, 0) is 9.59 Å². The Hall–Kier alpha value is -2.76. The highest BCUT2D eigenvalue weighted by Gasteiger charge is 2.17. The van der Waals surface area contributed by atoms with Crippen LogP contribution in [0.15, 0.2) is 48.5 Å². The number of nitrogens with one attached hydrogen (secondary N) is 2. The van der Waals surface area contributed by atoms with Crippen LogP contribution in [0.4, 0.5) is 14.5 Å². The smallest absolute Gasteiger partial charge is 0.313 e. The van der Waals surface area contributed by atoms with Gasteiger partial charge in [0.05, 0.1) is 6.04 Å². The van der Waals surface area contributed by atoms with Gasteiger partial charge in [-0.25, -0.2) is 8.78 Å². The van der Waals surface area contributed by atoms with Gasteiger partial charge in [-0.05, 0) is 24.6 Å². The zero-order chi connectivity index (χ0) is 16.1. The SMILES string of the molecule is CC(NC(=O)C(=O)Nc1ccc(F)c(F)c1)c1ccccc1. The van der Waals surface area contributed by atoms with Crippen LogP contribution in [0, 0.1) is 11.6 Å². The summed E-state index contributed by atoms with van der Waals surface area (Å²) in [5.41, 5.74) is 0.850. The quantitative estimate of drug-likeness (QED) is 0.857. The lowest BCUT2D eigenvalue weighted by Gasteiger charge is -2.14. The van der Waals surface area contributed by atoms with Crippen molar-refractivity contribution in [2.24, 2.45) is 0 Å². The molecular weight excluding hydrogens is 290 g/mol. The number of carbonyl (C=O) groups is 2. The highest BCUT2D eigenvalue weighted by atomic mass is 19.2. The van der Waals surface area contributed by atoms with Crippen molar-refractivity contribution in [2.75, 3.05) is 5.32 Å². The van der Waals surface area contributed by atoms with Gasteiger partial charge in [-0.2, -0.15) is 0 Å². The van der Waals surface area contributed by atoms with Crippen LogP contribution in [0.3, 0.4) is 0 Å². The van der Waals surface area contributed by atoms with Gasteiger partial charge in [0, 0.05) is 11.8 Å². The zero-order valence-electron chi connectivity index (χ0n) is 11.8. The van der Waals surface area contributed by atoms with Gasteiger partial charge in [0.1, 0.15) is 0 Å². The van der Waals surface area contributed by atoms with E-state index < -0.39 is 23.4 Å². The van der Waals surface area contributed by atoms with E-state index in [1.165, 1.54) is 6.07 Å². The first kappa shape index (κ1) is 15.6. The van der Waals surface area contributed by atoms with E-state index in [0.29, 0.717) is 0 Å². The summed E-state index contributed by atoms with van der Waals surface area (Å²) in [6.45, 7) is 1.73. The van der Waals surface area contributed by atoms with E-state index in [4.69, 9.17) is 0 Å². The predicted octanol–water partition coefficient (Wildman–Crippen LogP) is 2.78. The number of hydrogen-bond donors (Lipinski definition) is 2. The lowest BCUT2D eigenvalue weighted by molar-refractivity contribution is -0.136. The van der Waals surface area contributed by atoms with Gasteiger partial charge in [0.25, 0.3) is 0 Å². The molecule has 0 saturated heterocycles. The second-order valence-corrected chi connectivity index (χ2v) is 4.69. The summed E-state index contributed by atoms with van der Waals surface area (Å²) in [6, 6.07) is 11.6. The van der Waals surface area contributed by atoms with Gasteiger partial charge in [-0.3, -0.25) is 9.59 Å². The first-order chi connectivity index (χ1) is 10.5. The number of hydrogen-bond acceptors (Lipinski definition) is 2. The molecule has 0 aliphatic carbocycles. The minimum absolute atomic E-state index is 0.00594. The van der Waals surface area contributed by atoms with Crippen LogP contribution in [0.5, 0.6) is 0 Å². The van der Waals surface area contributed by atoms with E-state index in [-0.39, 0.29) is 11.7 Å². The Labute approximate surface area is 126 Å². The molecule has 2 aromatic carbocycles. The van der Waals surface area contributed by atoms with Crippen LogP contribution in [0.2, 0.25) is 0 Å². The average molecular weight is 304 g/mol. The van der Waals surface area contributed by atoms with E-state index >= 15 is 0 Å². The fraction of sp³-hybridized carbons (Fsp3) is 0.125. The fourth-order valence-electron chi connectivity index (χ4n) is 1.85. The zero-order valence-corrected chi connectivity index (χ0v) is 11.8. The van der Waals surface area contributed by atoms with Gasteiger partial charge in [0.15, 0.2) is 11.6 Å². The molecule has 2 rings (SSSR count).